The minimum absolute atomic E-state index is 0.235. The molecule has 160 valence electrons. The van der Waals surface area contributed by atoms with Crippen molar-refractivity contribution in [2.75, 3.05) is 10.6 Å². The highest BCUT2D eigenvalue weighted by molar-refractivity contribution is 6.09. The second-order valence-electron chi connectivity index (χ2n) is 7.60. The van der Waals surface area contributed by atoms with Crippen molar-refractivity contribution in [3.8, 4) is 0 Å². The molecule has 6 nitrogen and oxygen atoms in total. The second-order valence-corrected chi connectivity index (χ2v) is 7.60. The van der Waals surface area contributed by atoms with Gasteiger partial charge in [-0.25, -0.2) is 0 Å². The van der Waals surface area contributed by atoms with E-state index in [4.69, 9.17) is 0 Å². The van der Waals surface area contributed by atoms with E-state index in [-0.39, 0.29) is 11.8 Å². The van der Waals surface area contributed by atoms with E-state index in [1.54, 1.807) is 48.5 Å². The average molecular weight is 425 g/mol. The molecule has 0 spiro atoms. The minimum atomic E-state index is -0.246. The van der Waals surface area contributed by atoms with Gasteiger partial charge in [-0.1, -0.05) is 42.5 Å². The molecule has 2 amide bonds. The van der Waals surface area contributed by atoms with Crippen LogP contribution in [0, 0.1) is 13.8 Å². The molecule has 0 bridgehead atoms. The Kier molecular flexibility index (Phi) is 6.12. The molecule has 0 unspecified atom stereocenters. The molecule has 0 atom stereocenters. The van der Waals surface area contributed by atoms with Crippen LogP contribution in [0.5, 0.6) is 0 Å². The Labute approximate surface area is 186 Å². The molecule has 0 radical (unpaired) electrons. The van der Waals surface area contributed by atoms with E-state index >= 15 is 0 Å². The summed E-state index contributed by atoms with van der Waals surface area (Å²) in [6.07, 6.45) is 0. The highest BCUT2D eigenvalue weighted by Crippen LogP contribution is 2.23. The molecular formula is C26H24N4O2. The van der Waals surface area contributed by atoms with Gasteiger partial charge in [0.1, 0.15) is 0 Å². The number of rotatable bonds is 6. The van der Waals surface area contributed by atoms with Gasteiger partial charge in [0, 0.05) is 16.8 Å². The Bertz CT molecular complexity index is 1240. The summed E-state index contributed by atoms with van der Waals surface area (Å²) in [6.45, 7) is 4.64. The fourth-order valence-electron chi connectivity index (χ4n) is 3.45. The first-order chi connectivity index (χ1) is 15.5. The summed E-state index contributed by atoms with van der Waals surface area (Å²) in [6, 6.07) is 25.6. The maximum atomic E-state index is 12.8. The summed E-state index contributed by atoms with van der Waals surface area (Å²) in [5.41, 5.74) is 5.29. The third-order valence-electron chi connectivity index (χ3n) is 5.11. The van der Waals surface area contributed by atoms with Crippen LogP contribution in [0.4, 0.5) is 11.4 Å². The Morgan fingerprint density at radius 2 is 1.28 bits per heavy atom. The lowest BCUT2D eigenvalue weighted by molar-refractivity contribution is 0.101. The van der Waals surface area contributed by atoms with Crippen molar-refractivity contribution in [3.63, 3.8) is 0 Å². The molecule has 1 aromatic heterocycles. The lowest BCUT2D eigenvalue weighted by Crippen LogP contribution is -2.16. The second kappa shape index (κ2) is 9.31. The number of aryl methyl sites for hydroxylation is 2. The van der Waals surface area contributed by atoms with E-state index < -0.39 is 0 Å². The van der Waals surface area contributed by atoms with Gasteiger partial charge in [0.2, 0.25) is 0 Å². The molecule has 6 heteroatoms. The maximum Gasteiger partial charge on any atom is 0.255 e. The highest BCUT2D eigenvalue weighted by atomic mass is 16.2. The lowest BCUT2D eigenvalue weighted by Gasteiger charge is -2.13. The molecule has 0 saturated heterocycles. The first kappa shape index (κ1) is 21.1. The van der Waals surface area contributed by atoms with Crippen LogP contribution in [0.15, 0.2) is 84.9 Å². The largest absolute Gasteiger partial charge is 0.320 e. The predicted octanol–water partition coefficient (Wildman–Crippen LogP) is 5.05. The molecule has 0 fully saturated rings. The van der Waals surface area contributed by atoms with E-state index in [9.17, 15) is 9.59 Å². The Morgan fingerprint density at radius 1 is 0.750 bits per heavy atom. The van der Waals surface area contributed by atoms with Crippen LogP contribution in [0.2, 0.25) is 0 Å². The maximum absolute atomic E-state index is 12.8. The third kappa shape index (κ3) is 4.92. The van der Waals surface area contributed by atoms with Crippen molar-refractivity contribution in [2.24, 2.45) is 0 Å². The topological polar surface area (TPSA) is 76.0 Å². The molecule has 4 rings (SSSR count). The van der Waals surface area contributed by atoms with Gasteiger partial charge in [-0.3, -0.25) is 14.3 Å². The number of carbonyl (C=O) groups is 2. The van der Waals surface area contributed by atoms with E-state index in [1.807, 2.05) is 54.9 Å². The third-order valence-corrected chi connectivity index (χ3v) is 5.11. The van der Waals surface area contributed by atoms with Crippen molar-refractivity contribution >= 4 is 23.2 Å². The van der Waals surface area contributed by atoms with Crippen molar-refractivity contribution in [3.05, 3.63) is 113 Å². The summed E-state index contributed by atoms with van der Waals surface area (Å²) in [5.74, 6) is -0.482. The van der Waals surface area contributed by atoms with E-state index in [1.165, 1.54) is 0 Å². The number of carbonyl (C=O) groups excluding carboxylic acids is 2. The summed E-state index contributed by atoms with van der Waals surface area (Å²) in [7, 11) is 0. The van der Waals surface area contributed by atoms with Gasteiger partial charge >= 0.3 is 0 Å². The Hall–Kier alpha value is -4.19. The fraction of sp³-hybridized carbons (Fsp3) is 0.115. The van der Waals surface area contributed by atoms with Crippen LogP contribution >= 0.6 is 0 Å². The zero-order valence-corrected chi connectivity index (χ0v) is 18.0. The fourth-order valence-corrected chi connectivity index (χ4v) is 3.45. The quantitative estimate of drug-likeness (QED) is 0.455. The Morgan fingerprint density at radius 3 is 1.81 bits per heavy atom. The Balaban J connectivity index is 1.45. The predicted molar refractivity (Wildman–Crippen MR) is 126 cm³/mol. The van der Waals surface area contributed by atoms with Gasteiger partial charge in [-0.05, 0) is 61.9 Å². The van der Waals surface area contributed by atoms with Gasteiger partial charge < -0.3 is 10.6 Å². The van der Waals surface area contributed by atoms with Crippen LogP contribution < -0.4 is 10.6 Å². The summed E-state index contributed by atoms with van der Waals surface area (Å²) in [4.78, 5) is 25.3. The standard InChI is InChI=1S/C26H24N4O2/c1-18-16-19(2)30(29-18)17-20-12-14-22(15-13-20)26(32)28-24-11-7-6-10-23(24)27-25(31)21-8-4-3-5-9-21/h3-16H,17H2,1-2H3,(H,27,31)(H,28,32). The number of nitrogens with zero attached hydrogens (tertiary/aromatic N) is 2. The van der Waals surface area contributed by atoms with E-state index in [0.717, 1.165) is 17.0 Å². The van der Waals surface area contributed by atoms with Crippen molar-refractivity contribution in [1.29, 1.82) is 0 Å². The zero-order chi connectivity index (χ0) is 22.5. The number of nitrogens with one attached hydrogen (secondary N) is 2. The summed E-state index contributed by atoms with van der Waals surface area (Å²) >= 11 is 0. The van der Waals surface area contributed by atoms with Crippen LogP contribution in [-0.4, -0.2) is 21.6 Å². The SMILES string of the molecule is Cc1cc(C)n(Cc2ccc(C(=O)Nc3ccccc3NC(=O)c3ccccc3)cc2)n1. The van der Waals surface area contributed by atoms with Crippen molar-refractivity contribution in [1.82, 2.24) is 9.78 Å². The van der Waals surface area contributed by atoms with Gasteiger partial charge in [0.05, 0.1) is 23.6 Å². The minimum Gasteiger partial charge on any atom is -0.320 e. The normalized spacial score (nSPS) is 10.6. The van der Waals surface area contributed by atoms with Crippen LogP contribution in [-0.2, 0) is 6.54 Å². The molecule has 0 aliphatic carbocycles. The molecule has 0 aliphatic rings. The summed E-state index contributed by atoms with van der Waals surface area (Å²) < 4.78 is 1.94. The van der Waals surface area contributed by atoms with Gasteiger partial charge in [0.15, 0.2) is 0 Å². The lowest BCUT2D eigenvalue weighted by atomic mass is 10.1. The van der Waals surface area contributed by atoms with Gasteiger partial charge in [-0.2, -0.15) is 5.10 Å². The molecule has 0 aliphatic heterocycles. The monoisotopic (exact) mass is 424 g/mol. The number of benzene rings is 3. The zero-order valence-electron chi connectivity index (χ0n) is 18.0. The first-order valence-electron chi connectivity index (χ1n) is 10.4. The summed E-state index contributed by atoms with van der Waals surface area (Å²) in [5, 5.41) is 10.2. The molecule has 1 heterocycles. The molecular weight excluding hydrogens is 400 g/mol. The molecule has 0 saturated carbocycles. The first-order valence-corrected chi connectivity index (χ1v) is 10.4. The smallest absolute Gasteiger partial charge is 0.255 e. The number of anilines is 2. The van der Waals surface area contributed by atoms with E-state index in [2.05, 4.69) is 15.7 Å². The van der Waals surface area contributed by atoms with Crippen molar-refractivity contribution in [2.45, 2.75) is 20.4 Å². The molecule has 2 N–H and O–H groups in total. The van der Waals surface area contributed by atoms with Gasteiger partial charge in [-0.15, -0.1) is 0 Å². The van der Waals surface area contributed by atoms with Crippen LogP contribution in [0.25, 0.3) is 0 Å². The molecule has 3 aromatic carbocycles. The number of amides is 2. The van der Waals surface area contributed by atoms with Crippen molar-refractivity contribution < 1.29 is 9.59 Å². The number of para-hydroxylation sites is 2. The number of hydrogen-bond acceptors (Lipinski definition) is 3. The van der Waals surface area contributed by atoms with Crippen LogP contribution in [0.1, 0.15) is 37.7 Å². The highest BCUT2D eigenvalue weighted by Gasteiger charge is 2.12. The molecule has 32 heavy (non-hydrogen) atoms. The number of aromatic nitrogens is 2. The number of hydrogen-bond donors (Lipinski definition) is 2. The van der Waals surface area contributed by atoms with E-state index in [0.29, 0.717) is 29.0 Å². The van der Waals surface area contributed by atoms with Gasteiger partial charge in [0.25, 0.3) is 11.8 Å². The molecule has 4 aromatic rings. The average Bonchev–Trinajstić information content (AvgIpc) is 3.12. The van der Waals surface area contributed by atoms with Crippen LogP contribution in [0.3, 0.4) is 0 Å².